The first kappa shape index (κ1) is 21.1. The quantitative estimate of drug-likeness (QED) is 0.707. The second kappa shape index (κ2) is 8.69. The zero-order chi connectivity index (χ0) is 21.0. The van der Waals surface area contributed by atoms with Gasteiger partial charge in [-0.15, -0.1) is 0 Å². The third-order valence-corrected chi connectivity index (χ3v) is 4.38. The number of ketones is 1. The summed E-state index contributed by atoms with van der Waals surface area (Å²) in [7, 11) is 4.45. The Bertz CT molecular complexity index is 829. The summed E-state index contributed by atoms with van der Waals surface area (Å²) in [6.45, 7) is 4.85. The van der Waals surface area contributed by atoms with Gasteiger partial charge in [-0.1, -0.05) is 0 Å². The van der Waals surface area contributed by atoms with Crippen molar-refractivity contribution in [3.05, 3.63) is 40.5 Å². The summed E-state index contributed by atoms with van der Waals surface area (Å²) in [5.74, 6) is -0.372. The van der Waals surface area contributed by atoms with Crippen LogP contribution >= 0.6 is 0 Å². The van der Waals surface area contributed by atoms with Crippen LogP contribution in [0, 0.1) is 0 Å². The van der Waals surface area contributed by atoms with Gasteiger partial charge in [-0.3, -0.25) is 4.79 Å². The maximum Gasteiger partial charge on any atom is 0.340 e. The Labute approximate surface area is 163 Å². The Kier molecular flexibility index (Phi) is 6.56. The lowest BCUT2D eigenvalue weighted by Crippen LogP contribution is -2.29. The molecule has 0 saturated carbocycles. The van der Waals surface area contributed by atoms with Crippen molar-refractivity contribution in [2.45, 2.75) is 26.7 Å². The first-order chi connectivity index (χ1) is 13.3. The van der Waals surface area contributed by atoms with Crippen LogP contribution in [0.15, 0.2) is 34.9 Å². The number of carbonyl (C=O) groups excluding carboxylic acids is 2. The molecule has 2 N–H and O–H groups in total. The van der Waals surface area contributed by atoms with E-state index >= 15 is 0 Å². The van der Waals surface area contributed by atoms with Crippen LogP contribution in [0.2, 0.25) is 0 Å². The third-order valence-electron chi connectivity index (χ3n) is 4.38. The fourth-order valence-electron chi connectivity index (χ4n) is 3.24. The van der Waals surface area contributed by atoms with E-state index in [0.29, 0.717) is 34.1 Å². The van der Waals surface area contributed by atoms with Crippen molar-refractivity contribution in [3.63, 3.8) is 0 Å². The molecule has 0 amide bonds. The largest absolute Gasteiger partial charge is 0.493 e. The first-order valence-corrected chi connectivity index (χ1v) is 8.66. The van der Waals surface area contributed by atoms with Crippen molar-refractivity contribution >= 4 is 11.8 Å². The van der Waals surface area contributed by atoms with E-state index in [-0.39, 0.29) is 23.8 Å². The number of benzene rings is 1. The smallest absolute Gasteiger partial charge is 0.340 e. The van der Waals surface area contributed by atoms with E-state index in [0.717, 1.165) is 0 Å². The van der Waals surface area contributed by atoms with Gasteiger partial charge >= 0.3 is 5.97 Å². The molecule has 1 aromatic rings. The minimum Gasteiger partial charge on any atom is -0.493 e. The highest BCUT2D eigenvalue weighted by Gasteiger charge is 2.38. The van der Waals surface area contributed by atoms with Gasteiger partial charge in [-0.25, -0.2) is 4.79 Å². The zero-order valence-electron chi connectivity index (χ0n) is 16.9. The van der Waals surface area contributed by atoms with E-state index in [4.69, 9.17) is 29.4 Å². The molecule has 0 saturated heterocycles. The van der Waals surface area contributed by atoms with Gasteiger partial charge in [0.2, 0.25) is 11.6 Å². The Morgan fingerprint density at radius 3 is 2.07 bits per heavy atom. The number of carbonyl (C=O) groups is 2. The van der Waals surface area contributed by atoms with E-state index in [2.05, 4.69) is 0 Å². The molecule has 0 bridgehead atoms. The molecular formula is C20H25NO7. The highest BCUT2D eigenvalue weighted by Crippen LogP contribution is 2.46. The van der Waals surface area contributed by atoms with Crippen molar-refractivity contribution in [3.8, 4) is 17.2 Å². The summed E-state index contributed by atoms with van der Waals surface area (Å²) in [6, 6.07) is 3.33. The number of methoxy groups -OCH3 is 3. The maximum atomic E-state index is 12.6. The van der Waals surface area contributed by atoms with E-state index in [9.17, 15) is 9.59 Å². The van der Waals surface area contributed by atoms with Gasteiger partial charge in [-0.05, 0) is 38.5 Å². The fourth-order valence-corrected chi connectivity index (χ4v) is 3.24. The van der Waals surface area contributed by atoms with Crippen LogP contribution in [0.25, 0.3) is 0 Å². The maximum absolute atomic E-state index is 12.6. The molecule has 0 aliphatic carbocycles. The van der Waals surface area contributed by atoms with Gasteiger partial charge < -0.3 is 29.4 Å². The molecule has 1 aliphatic heterocycles. The van der Waals surface area contributed by atoms with E-state index < -0.39 is 11.9 Å². The van der Waals surface area contributed by atoms with Crippen LogP contribution in [-0.4, -0.2) is 39.7 Å². The van der Waals surface area contributed by atoms with Crippen molar-refractivity contribution in [1.29, 1.82) is 0 Å². The summed E-state index contributed by atoms with van der Waals surface area (Å²) in [4.78, 5) is 25.1. The molecule has 8 heteroatoms. The summed E-state index contributed by atoms with van der Waals surface area (Å²) >= 11 is 0. The average Bonchev–Trinajstić information content (AvgIpc) is 2.65. The topological polar surface area (TPSA) is 106 Å². The Morgan fingerprint density at radius 2 is 1.64 bits per heavy atom. The molecule has 1 heterocycles. The number of esters is 1. The highest BCUT2D eigenvalue weighted by atomic mass is 16.5. The van der Waals surface area contributed by atoms with E-state index in [1.54, 1.807) is 26.0 Å². The number of ether oxygens (including phenoxy) is 5. The summed E-state index contributed by atoms with van der Waals surface area (Å²) in [5, 5.41) is 0. The van der Waals surface area contributed by atoms with E-state index in [1.165, 1.54) is 28.3 Å². The second-order valence-electron chi connectivity index (χ2n) is 6.02. The van der Waals surface area contributed by atoms with Crippen LogP contribution in [0.3, 0.4) is 0 Å². The molecule has 152 valence electrons. The SMILES string of the molecule is CCOC(=O)C1=C(N)OC(C)=C(C(C)=O)[C@H]1c1cc(OC)c(OC)c(OC)c1. The molecule has 0 unspecified atom stereocenters. The molecule has 1 aromatic carbocycles. The van der Waals surface area contributed by atoms with Gasteiger partial charge in [0.1, 0.15) is 11.3 Å². The Morgan fingerprint density at radius 1 is 1.07 bits per heavy atom. The summed E-state index contributed by atoms with van der Waals surface area (Å²) < 4.78 is 26.8. The van der Waals surface area contributed by atoms with Crippen LogP contribution in [-0.2, 0) is 19.1 Å². The molecule has 1 atom stereocenters. The molecule has 0 fully saturated rings. The number of nitrogens with two attached hydrogens (primary N) is 1. The number of hydrogen-bond donors (Lipinski definition) is 1. The predicted octanol–water partition coefficient (Wildman–Crippen LogP) is 2.42. The van der Waals surface area contributed by atoms with Gasteiger partial charge in [0.15, 0.2) is 17.3 Å². The molecule has 0 aromatic heterocycles. The Balaban J connectivity index is 2.79. The minimum atomic E-state index is -0.806. The second-order valence-corrected chi connectivity index (χ2v) is 6.02. The van der Waals surface area contributed by atoms with Crippen molar-refractivity contribution in [1.82, 2.24) is 0 Å². The van der Waals surface area contributed by atoms with Gasteiger partial charge in [0.25, 0.3) is 0 Å². The standard InChI is InChI=1S/C20H25NO7/c1-7-27-20(23)17-16(15(10(2)22)11(3)28-19(17)21)12-8-13(24-4)18(26-6)14(9-12)25-5/h8-9,16H,7,21H2,1-6H3/t16-/m1/s1. The molecule has 28 heavy (non-hydrogen) atoms. The predicted molar refractivity (Wildman–Crippen MR) is 101 cm³/mol. The van der Waals surface area contributed by atoms with Crippen LogP contribution < -0.4 is 19.9 Å². The molecule has 1 aliphatic rings. The number of allylic oxidation sites excluding steroid dienone is 2. The van der Waals surface area contributed by atoms with Crippen molar-refractivity contribution < 1.29 is 33.3 Å². The molecule has 0 radical (unpaired) electrons. The molecule has 0 spiro atoms. The lowest BCUT2D eigenvalue weighted by molar-refractivity contribution is -0.139. The zero-order valence-corrected chi connectivity index (χ0v) is 16.9. The van der Waals surface area contributed by atoms with Crippen LogP contribution in [0.1, 0.15) is 32.3 Å². The van der Waals surface area contributed by atoms with E-state index in [1.807, 2.05) is 0 Å². The average molecular weight is 391 g/mol. The Hall–Kier alpha value is -3.16. The fraction of sp³-hybridized carbons (Fsp3) is 0.400. The van der Waals surface area contributed by atoms with Gasteiger partial charge in [-0.2, -0.15) is 0 Å². The minimum absolute atomic E-state index is 0.0481. The number of rotatable bonds is 7. The highest BCUT2D eigenvalue weighted by molar-refractivity contribution is 6.01. The molecular weight excluding hydrogens is 366 g/mol. The van der Waals surface area contributed by atoms with Gasteiger partial charge in [0.05, 0.1) is 33.9 Å². The normalized spacial score (nSPS) is 16.4. The van der Waals surface area contributed by atoms with Crippen LogP contribution in [0.4, 0.5) is 0 Å². The molecule has 2 rings (SSSR count). The van der Waals surface area contributed by atoms with Gasteiger partial charge in [0, 0.05) is 5.57 Å². The summed E-state index contributed by atoms with van der Waals surface area (Å²) in [6.07, 6.45) is 0. The molecule has 8 nitrogen and oxygen atoms in total. The van der Waals surface area contributed by atoms with Crippen molar-refractivity contribution in [2.24, 2.45) is 5.73 Å². The van der Waals surface area contributed by atoms with Crippen molar-refractivity contribution in [2.75, 3.05) is 27.9 Å². The first-order valence-electron chi connectivity index (χ1n) is 8.66. The summed E-state index contributed by atoms with van der Waals surface area (Å²) in [5.41, 5.74) is 6.91. The lowest BCUT2D eigenvalue weighted by Gasteiger charge is -2.29. The third kappa shape index (κ3) is 3.76. The number of Topliss-reactive ketones (excluding diaryl/α,β-unsaturated/α-hetero) is 1. The monoisotopic (exact) mass is 391 g/mol. The number of hydrogen-bond acceptors (Lipinski definition) is 8. The van der Waals surface area contributed by atoms with Crippen LogP contribution in [0.5, 0.6) is 17.2 Å². The lowest BCUT2D eigenvalue weighted by atomic mass is 9.80.